The van der Waals surface area contributed by atoms with Crippen molar-refractivity contribution >= 4 is 23.6 Å². The van der Waals surface area contributed by atoms with E-state index in [0.29, 0.717) is 13.0 Å². The minimum absolute atomic E-state index is 0.0724. The van der Waals surface area contributed by atoms with Gasteiger partial charge in [0, 0.05) is 45.3 Å². The van der Waals surface area contributed by atoms with Gasteiger partial charge in [-0.1, -0.05) is 76.5 Å². The molecule has 41 heavy (non-hydrogen) atoms. The van der Waals surface area contributed by atoms with Crippen LogP contribution in [0.4, 0.5) is 5.82 Å². The molecule has 3 heterocycles. The Morgan fingerprint density at radius 1 is 0.878 bits per heavy atom. The van der Waals surface area contributed by atoms with E-state index in [-0.39, 0.29) is 48.0 Å². The van der Waals surface area contributed by atoms with Crippen LogP contribution in [-0.4, -0.2) is 77.9 Å². The Hall–Kier alpha value is -2.74. The maximum atomic E-state index is 13.4. The Morgan fingerprint density at radius 3 is 2.12 bits per heavy atom. The summed E-state index contributed by atoms with van der Waals surface area (Å²) in [4.78, 5) is 50.1. The minimum Gasteiger partial charge on any atom is -0.459 e. The van der Waals surface area contributed by atoms with Crippen LogP contribution >= 0.6 is 0 Å². The monoisotopic (exact) mass is 564 g/mol. The third-order valence-electron chi connectivity index (χ3n) is 9.54. The molecule has 0 radical (unpaired) electrons. The number of anilines is 1. The third-order valence-corrected chi connectivity index (χ3v) is 9.54. The van der Waals surface area contributed by atoms with Crippen LogP contribution in [0, 0.1) is 23.7 Å². The van der Waals surface area contributed by atoms with Crippen LogP contribution in [0.25, 0.3) is 0 Å². The number of imide groups is 1. The number of nitrogens with zero attached hydrogens (tertiary/aromatic N) is 4. The molecular formula is C33H48N4O4. The van der Waals surface area contributed by atoms with Gasteiger partial charge in [-0.2, -0.15) is 0 Å². The first kappa shape index (κ1) is 29.7. The molecule has 2 aliphatic heterocycles. The zero-order valence-corrected chi connectivity index (χ0v) is 24.8. The quantitative estimate of drug-likeness (QED) is 0.123. The van der Waals surface area contributed by atoms with Crippen molar-refractivity contribution in [2.24, 2.45) is 23.7 Å². The van der Waals surface area contributed by atoms with Crippen molar-refractivity contribution in [3.8, 4) is 0 Å². The van der Waals surface area contributed by atoms with Crippen LogP contribution in [0.1, 0.15) is 77.6 Å². The first-order valence-corrected chi connectivity index (χ1v) is 16.2. The fourth-order valence-corrected chi connectivity index (χ4v) is 7.29. The van der Waals surface area contributed by atoms with Crippen molar-refractivity contribution in [2.75, 3.05) is 44.2 Å². The van der Waals surface area contributed by atoms with Crippen molar-refractivity contribution < 1.29 is 19.1 Å². The van der Waals surface area contributed by atoms with E-state index in [0.717, 1.165) is 57.7 Å². The number of esters is 1. The third kappa shape index (κ3) is 7.37. The summed E-state index contributed by atoms with van der Waals surface area (Å²) in [7, 11) is 0. The molecule has 2 saturated heterocycles. The van der Waals surface area contributed by atoms with Crippen LogP contribution in [0.3, 0.4) is 0 Å². The average Bonchev–Trinajstić information content (AvgIpc) is 3.67. The van der Waals surface area contributed by atoms with E-state index in [1.807, 2.05) is 24.4 Å². The molecule has 0 aromatic carbocycles. The number of ether oxygens (including phenoxy) is 1. The minimum atomic E-state index is -0.514. The van der Waals surface area contributed by atoms with Crippen LogP contribution in [0.2, 0.25) is 0 Å². The van der Waals surface area contributed by atoms with E-state index in [4.69, 9.17) is 4.74 Å². The molecule has 8 heteroatoms. The van der Waals surface area contributed by atoms with Gasteiger partial charge in [-0.25, -0.2) is 4.98 Å². The van der Waals surface area contributed by atoms with Gasteiger partial charge in [-0.05, 0) is 36.8 Å². The molecule has 1 saturated carbocycles. The first-order valence-electron chi connectivity index (χ1n) is 16.2. The second-order valence-corrected chi connectivity index (χ2v) is 12.5. The molecule has 2 aliphatic carbocycles. The van der Waals surface area contributed by atoms with Gasteiger partial charge >= 0.3 is 5.97 Å². The van der Waals surface area contributed by atoms with Gasteiger partial charge in [0.15, 0.2) is 0 Å². The largest absolute Gasteiger partial charge is 0.459 e. The fourth-order valence-electron chi connectivity index (χ4n) is 7.29. The average molecular weight is 565 g/mol. The molecule has 0 spiro atoms. The molecule has 2 bridgehead atoms. The molecular weight excluding hydrogens is 516 g/mol. The van der Waals surface area contributed by atoms with E-state index < -0.39 is 6.10 Å². The van der Waals surface area contributed by atoms with Crippen LogP contribution in [0.5, 0.6) is 0 Å². The molecule has 1 aromatic rings. The normalized spacial score (nSPS) is 26.2. The highest BCUT2D eigenvalue weighted by Gasteiger charge is 2.59. The lowest BCUT2D eigenvalue weighted by atomic mass is 9.85. The number of rotatable bonds is 16. The van der Waals surface area contributed by atoms with Crippen molar-refractivity contribution in [1.29, 1.82) is 0 Å². The number of aromatic nitrogens is 1. The number of likely N-dealkylation sites (tertiary alicyclic amines) is 1. The molecule has 5 unspecified atom stereocenters. The summed E-state index contributed by atoms with van der Waals surface area (Å²) in [6, 6.07) is 5.94. The Bertz CT molecular complexity index is 1020. The van der Waals surface area contributed by atoms with Crippen LogP contribution < -0.4 is 4.90 Å². The number of pyridine rings is 1. The molecule has 0 N–H and O–H groups in total. The van der Waals surface area contributed by atoms with Crippen molar-refractivity contribution in [1.82, 2.24) is 14.8 Å². The Kier molecular flexibility index (Phi) is 10.5. The molecule has 8 nitrogen and oxygen atoms in total. The number of carbonyl (C=O) groups is 3. The molecule has 5 rings (SSSR count). The number of hydrogen-bond donors (Lipinski definition) is 0. The molecule has 3 fully saturated rings. The van der Waals surface area contributed by atoms with Gasteiger partial charge in [0.05, 0.1) is 18.4 Å². The predicted octanol–water partition coefficient (Wildman–Crippen LogP) is 4.84. The van der Waals surface area contributed by atoms with E-state index >= 15 is 0 Å². The van der Waals surface area contributed by atoms with Crippen LogP contribution in [-0.2, 0) is 19.1 Å². The number of allylic oxidation sites excluding steroid dienone is 2. The summed E-state index contributed by atoms with van der Waals surface area (Å²) in [6.45, 7) is 6.20. The molecule has 4 aliphatic rings. The second kappa shape index (κ2) is 14.4. The number of piperazine rings is 1. The second-order valence-electron chi connectivity index (χ2n) is 12.5. The number of fused-ring (bicyclic) bond motifs is 5. The summed E-state index contributed by atoms with van der Waals surface area (Å²) < 4.78 is 6.02. The number of unbranched alkanes of at least 4 members (excludes halogenated alkanes) is 8. The maximum absolute atomic E-state index is 13.4. The lowest BCUT2D eigenvalue weighted by Gasteiger charge is -2.37. The van der Waals surface area contributed by atoms with Crippen molar-refractivity contribution in [3.63, 3.8) is 0 Å². The van der Waals surface area contributed by atoms with Gasteiger partial charge in [-0.15, -0.1) is 0 Å². The molecule has 5 atom stereocenters. The highest BCUT2D eigenvalue weighted by Crippen LogP contribution is 2.52. The van der Waals surface area contributed by atoms with Gasteiger partial charge in [0.25, 0.3) is 0 Å². The lowest BCUT2D eigenvalue weighted by molar-refractivity contribution is -0.155. The fraction of sp³-hybridized carbons (Fsp3) is 0.697. The number of hydrogen-bond acceptors (Lipinski definition) is 7. The van der Waals surface area contributed by atoms with E-state index in [1.54, 1.807) is 0 Å². The van der Waals surface area contributed by atoms with Crippen LogP contribution in [0.15, 0.2) is 36.5 Å². The van der Waals surface area contributed by atoms with E-state index in [1.165, 1.54) is 43.4 Å². The SMILES string of the molecule is CCCCCCCCCCCC(=O)OC(CN1CCN(c2ccccn2)CC1)CN1C(=O)C2C3C=CC(C3)C2C1=O. The smallest absolute Gasteiger partial charge is 0.306 e. The summed E-state index contributed by atoms with van der Waals surface area (Å²) in [6.07, 6.45) is 17.6. The maximum Gasteiger partial charge on any atom is 0.306 e. The van der Waals surface area contributed by atoms with Gasteiger partial charge < -0.3 is 9.64 Å². The Balaban J connectivity index is 1.12. The Labute approximate surface area is 245 Å². The molecule has 1 aromatic heterocycles. The summed E-state index contributed by atoms with van der Waals surface area (Å²) in [5.74, 6) is 0.520. The molecule has 224 valence electrons. The zero-order chi connectivity index (χ0) is 28.6. The topological polar surface area (TPSA) is 83.1 Å². The van der Waals surface area contributed by atoms with Gasteiger partial charge in [0.1, 0.15) is 11.9 Å². The van der Waals surface area contributed by atoms with Gasteiger partial charge in [0.2, 0.25) is 11.8 Å². The first-order chi connectivity index (χ1) is 20.0. The van der Waals surface area contributed by atoms with E-state index in [9.17, 15) is 14.4 Å². The zero-order valence-electron chi connectivity index (χ0n) is 24.8. The summed E-state index contributed by atoms with van der Waals surface area (Å²) in [5, 5.41) is 0. The molecule has 2 amide bonds. The summed E-state index contributed by atoms with van der Waals surface area (Å²) >= 11 is 0. The van der Waals surface area contributed by atoms with Crippen molar-refractivity contribution in [2.45, 2.75) is 83.7 Å². The highest BCUT2D eigenvalue weighted by atomic mass is 16.5. The van der Waals surface area contributed by atoms with E-state index in [2.05, 4.69) is 33.9 Å². The standard InChI is InChI=1S/C33H48N4O4/c1-2-3-4-5-6-7-8-9-10-14-29(38)41-27(23-35-18-20-36(21-19-35)28-13-11-12-17-34-28)24-37-32(39)30-25-15-16-26(22-25)31(30)33(37)40/h11-13,15-17,25-27,30-31H,2-10,14,18-24H2,1H3. The number of carbonyl (C=O) groups excluding carboxylic acids is 3. The lowest BCUT2D eigenvalue weighted by Crippen LogP contribution is -2.51. The van der Waals surface area contributed by atoms with Crippen molar-refractivity contribution in [3.05, 3.63) is 36.5 Å². The van der Waals surface area contributed by atoms with Gasteiger partial charge in [-0.3, -0.25) is 24.2 Å². The Morgan fingerprint density at radius 2 is 1.51 bits per heavy atom. The summed E-state index contributed by atoms with van der Waals surface area (Å²) in [5.41, 5.74) is 0. The number of amides is 2. The predicted molar refractivity (Wildman–Crippen MR) is 159 cm³/mol. The highest BCUT2D eigenvalue weighted by molar-refractivity contribution is 6.06.